The van der Waals surface area contributed by atoms with Crippen LogP contribution in [0, 0.1) is 6.92 Å². The first kappa shape index (κ1) is 19.8. The normalized spacial score (nSPS) is 17.1. The Balaban J connectivity index is 1.39. The SMILES string of the molecule is Cc1ccccc1Nc1nc(N)nc(CN2CCCCC2c2nc3ccccc3s2)n1. The van der Waals surface area contributed by atoms with Crippen LogP contribution in [0.5, 0.6) is 0 Å². The number of nitrogens with one attached hydrogen (secondary N) is 1. The van der Waals surface area contributed by atoms with Gasteiger partial charge in [0, 0.05) is 5.69 Å². The Morgan fingerprint density at radius 2 is 1.87 bits per heavy atom. The molecule has 0 bridgehead atoms. The zero-order valence-electron chi connectivity index (χ0n) is 17.5. The molecule has 1 unspecified atom stereocenters. The van der Waals surface area contributed by atoms with Crippen molar-refractivity contribution in [2.45, 2.75) is 38.8 Å². The number of aryl methyl sites for hydroxylation is 1. The van der Waals surface area contributed by atoms with E-state index in [0.717, 1.165) is 36.2 Å². The number of likely N-dealkylation sites (tertiary alicyclic amines) is 1. The van der Waals surface area contributed by atoms with Crippen LogP contribution in [0.2, 0.25) is 0 Å². The second-order valence-electron chi connectivity index (χ2n) is 7.88. The van der Waals surface area contributed by atoms with Crippen molar-refractivity contribution < 1.29 is 0 Å². The van der Waals surface area contributed by atoms with E-state index in [-0.39, 0.29) is 12.0 Å². The molecule has 4 aromatic rings. The van der Waals surface area contributed by atoms with Crippen molar-refractivity contribution in [1.29, 1.82) is 0 Å². The molecule has 0 aliphatic carbocycles. The predicted octanol–water partition coefficient (Wildman–Crippen LogP) is 4.84. The molecule has 1 saturated heterocycles. The Kier molecular flexibility index (Phi) is 5.48. The van der Waals surface area contributed by atoms with E-state index in [9.17, 15) is 0 Å². The summed E-state index contributed by atoms with van der Waals surface area (Å²) in [6.45, 7) is 3.66. The van der Waals surface area contributed by atoms with E-state index < -0.39 is 0 Å². The van der Waals surface area contributed by atoms with Crippen LogP contribution in [0.3, 0.4) is 0 Å². The van der Waals surface area contributed by atoms with Crippen molar-refractivity contribution in [1.82, 2.24) is 24.8 Å². The minimum Gasteiger partial charge on any atom is -0.368 e. The lowest BCUT2D eigenvalue weighted by molar-refractivity contribution is 0.137. The summed E-state index contributed by atoms with van der Waals surface area (Å²) in [7, 11) is 0. The Morgan fingerprint density at radius 3 is 2.74 bits per heavy atom. The summed E-state index contributed by atoms with van der Waals surface area (Å²) in [5, 5.41) is 4.45. The first-order valence-electron chi connectivity index (χ1n) is 10.6. The van der Waals surface area contributed by atoms with Gasteiger partial charge in [-0.15, -0.1) is 11.3 Å². The Morgan fingerprint density at radius 1 is 1.03 bits per heavy atom. The number of hydrogen-bond donors (Lipinski definition) is 2. The van der Waals surface area contributed by atoms with Crippen LogP contribution in [0.15, 0.2) is 48.5 Å². The molecule has 3 N–H and O–H groups in total. The number of nitrogens with zero attached hydrogens (tertiary/aromatic N) is 5. The summed E-state index contributed by atoms with van der Waals surface area (Å²) in [6, 6.07) is 16.6. The molecule has 158 valence electrons. The van der Waals surface area contributed by atoms with Crippen LogP contribution in [0.1, 0.15) is 41.7 Å². The molecule has 31 heavy (non-hydrogen) atoms. The van der Waals surface area contributed by atoms with Crippen molar-refractivity contribution in [3.63, 3.8) is 0 Å². The molecule has 8 heteroatoms. The van der Waals surface area contributed by atoms with E-state index in [1.807, 2.05) is 37.3 Å². The Hall–Kier alpha value is -3.10. The fourth-order valence-corrected chi connectivity index (χ4v) is 5.21. The van der Waals surface area contributed by atoms with Crippen molar-refractivity contribution in [3.05, 3.63) is 64.9 Å². The van der Waals surface area contributed by atoms with Crippen LogP contribution in [0.25, 0.3) is 10.2 Å². The summed E-state index contributed by atoms with van der Waals surface area (Å²) in [5.74, 6) is 1.39. The number of rotatable bonds is 5. The highest BCUT2D eigenvalue weighted by Gasteiger charge is 2.27. The highest BCUT2D eigenvalue weighted by molar-refractivity contribution is 7.18. The van der Waals surface area contributed by atoms with Crippen molar-refractivity contribution in [3.8, 4) is 0 Å². The van der Waals surface area contributed by atoms with E-state index in [1.54, 1.807) is 11.3 Å². The Bertz CT molecular complexity index is 1170. The van der Waals surface area contributed by atoms with E-state index in [4.69, 9.17) is 10.7 Å². The third-order valence-electron chi connectivity index (χ3n) is 5.64. The van der Waals surface area contributed by atoms with E-state index in [2.05, 4.69) is 43.4 Å². The lowest BCUT2D eigenvalue weighted by atomic mass is 10.0. The van der Waals surface area contributed by atoms with Crippen LogP contribution >= 0.6 is 11.3 Å². The van der Waals surface area contributed by atoms with Gasteiger partial charge in [0.15, 0.2) is 0 Å². The van der Waals surface area contributed by atoms with E-state index >= 15 is 0 Å². The molecule has 1 aliphatic rings. The van der Waals surface area contributed by atoms with Gasteiger partial charge in [-0.1, -0.05) is 36.8 Å². The van der Waals surface area contributed by atoms with Gasteiger partial charge < -0.3 is 11.1 Å². The number of aromatic nitrogens is 4. The van der Waals surface area contributed by atoms with Gasteiger partial charge in [-0.3, -0.25) is 4.90 Å². The number of benzene rings is 2. The zero-order chi connectivity index (χ0) is 21.2. The molecule has 2 aromatic carbocycles. The second kappa shape index (κ2) is 8.56. The number of hydrogen-bond acceptors (Lipinski definition) is 8. The number of fused-ring (bicyclic) bond motifs is 1. The van der Waals surface area contributed by atoms with Gasteiger partial charge >= 0.3 is 0 Å². The van der Waals surface area contributed by atoms with Crippen molar-refractivity contribution in [2.24, 2.45) is 0 Å². The fraction of sp³-hybridized carbons (Fsp3) is 0.304. The molecule has 1 atom stereocenters. The zero-order valence-corrected chi connectivity index (χ0v) is 18.3. The van der Waals surface area contributed by atoms with Gasteiger partial charge in [0.25, 0.3) is 0 Å². The van der Waals surface area contributed by atoms with Crippen LogP contribution in [-0.2, 0) is 6.54 Å². The predicted molar refractivity (Wildman–Crippen MR) is 125 cm³/mol. The summed E-state index contributed by atoms with van der Waals surface area (Å²) in [4.78, 5) is 20.7. The van der Waals surface area contributed by atoms with Crippen LogP contribution < -0.4 is 11.1 Å². The summed E-state index contributed by atoms with van der Waals surface area (Å²) < 4.78 is 1.23. The molecular weight excluding hydrogens is 406 g/mol. The molecule has 1 aliphatic heterocycles. The molecular formula is C23H25N7S. The highest BCUT2D eigenvalue weighted by Crippen LogP contribution is 2.36. The van der Waals surface area contributed by atoms with Gasteiger partial charge in [-0.2, -0.15) is 15.0 Å². The fourth-order valence-electron chi connectivity index (χ4n) is 4.07. The highest BCUT2D eigenvalue weighted by atomic mass is 32.1. The minimum atomic E-state index is 0.231. The van der Waals surface area contributed by atoms with Gasteiger partial charge in [-0.25, -0.2) is 4.98 Å². The third-order valence-corrected chi connectivity index (χ3v) is 6.78. The molecule has 0 spiro atoms. The molecule has 3 heterocycles. The summed E-state index contributed by atoms with van der Waals surface area (Å²) in [6.07, 6.45) is 3.46. The topological polar surface area (TPSA) is 92.8 Å². The number of nitrogens with two attached hydrogens (primary N) is 1. The van der Waals surface area contributed by atoms with E-state index in [0.29, 0.717) is 18.3 Å². The standard InChI is InChI=1S/C23H25N7S/c1-15-8-2-3-9-16(15)26-23-28-20(27-22(24)29-23)14-30-13-7-6-11-18(30)21-25-17-10-4-5-12-19(17)31-21/h2-5,8-10,12,18H,6-7,11,13-14H2,1H3,(H3,24,26,27,28,29). The lowest BCUT2D eigenvalue weighted by Gasteiger charge is -2.33. The molecule has 0 radical (unpaired) electrons. The number of nitrogen functional groups attached to an aromatic ring is 1. The molecule has 7 nitrogen and oxygen atoms in total. The first-order valence-corrected chi connectivity index (χ1v) is 11.4. The van der Waals surface area contributed by atoms with Gasteiger partial charge in [0.1, 0.15) is 10.8 Å². The third kappa shape index (κ3) is 4.35. The largest absolute Gasteiger partial charge is 0.368 e. The average Bonchev–Trinajstić information content (AvgIpc) is 3.19. The summed E-state index contributed by atoms with van der Waals surface area (Å²) >= 11 is 1.78. The number of piperidine rings is 1. The van der Waals surface area contributed by atoms with Gasteiger partial charge in [0.2, 0.25) is 11.9 Å². The maximum atomic E-state index is 6.02. The molecule has 2 aromatic heterocycles. The average molecular weight is 432 g/mol. The molecule has 5 rings (SSSR count). The van der Waals surface area contributed by atoms with Crippen molar-refractivity contribution in [2.75, 3.05) is 17.6 Å². The minimum absolute atomic E-state index is 0.231. The maximum Gasteiger partial charge on any atom is 0.232 e. The lowest BCUT2D eigenvalue weighted by Crippen LogP contribution is -2.33. The molecule has 0 amide bonds. The maximum absolute atomic E-state index is 6.02. The quantitative estimate of drug-likeness (QED) is 0.467. The number of thiazole rings is 1. The van der Waals surface area contributed by atoms with E-state index in [1.165, 1.54) is 16.1 Å². The number of anilines is 3. The van der Waals surface area contributed by atoms with Crippen molar-refractivity contribution >= 4 is 39.1 Å². The van der Waals surface area contributed by atoms with Gasteiger partial charge in [0.05, 0.1) is 22.8 Å². The smallest absolute Gasteiger partial charge is 0.232 e. The summed E-state index contributed by atoms with van der Waals surface area (Å²) in [5.41, 5.74) is 9.18. The first-order chi connectivity index (χ1) is 15.2. The second-order valence-corrected chi connectivity index (χ2v) is 8.94. The Labute approximate surface area is 185 Å². The molecule has 0 saturated carbocycles. The van der Waals surface area contributed by atoms with Crippen LogP contribution in [0.4, 0.5) is 17.6 Å². The monoisotopic (exact) mass is 431 g/mol. The number of para-hydroxylation sites is 2. The van der Waals surface area contributed by atoms with Gasteiger partial charge in [-0.05, 0) is 50.1 Å². The van der Waals surface area contributed by atoms with Crippen LogP contribution in [-0.4, -0.2) is 31.4 Å². The molecule has 1 fully saturated rings.